The summed E-state index contributed by atoms with van der Waals surface area (Å²) < 4.78 is 15.7. The molecule has 3 heterocycles. The Hall–Kier alpha value is -1.67. The minimum Gasteiger partial charge on any atom is -0.493 e. The van der Waals surface area contributed by atoms with Gasteiger partial charge in [0.1, 0.15) is 10.0 Å². The Bertz CT molecular complexity index is 898. The second kappa shape index (κ2) is 7.52. The molecule has 1 aliphatic rings. The van der Waals surface area contributed by atoms with Crippen molar-refractivity contribution in [2.24, 2.45) is 0 Å². The van der Waals surface area contributed by atoms with Crippen molar-refractivity contribution in [3.63, 3.8) is 0 Å². The molecule has 3 aromatic rings. The molecule has 0 saturated heterocycles. The van der Waals surface area contributed by atoms with Crippen LogP contribution in [0, 0.1) is 0 Å². The highest BCUT2D eigenvalue weighted by atomic mass is 35.5. The van der Waals surface area contributed by atoms with Crippen molar-refractivity contribution in [1.29, 1.82) is 0 Å². The molecule has 0 bridgehead atoms. The number of nitrogens with zero attached hydrogens (tertiary/aromatic N) is 3. The van der Waals surface area contributed by atoms with Crippen LogP contribution in [0.5, 0.6) is 11.5 Å². The fourth-order valence-electron chi connectivity index (χ4n) is 3.43. The molecule has 0 fully saturated rings. The summed E-state index contributed by atoms with van der Waals surface area (Å²) >= 11 is 9.24. The third kappa shape index (κ3) is 3.20. The first-order chi connectivity index (χ1) is 12.7. The zero-order chi connectivity index (χ0) is 18.1. The third-order valence-electron chi connectivity index (χ3n) is 4.65. The van der Waals surface area contributed by atoms with Crippen molar-refractivity contribution in [2.45, 2.75) is 19.0 Å². The summed E-state index contributed by atoms with van der Waals surface area (Å²) in [6.45, 7) is 1.59. The number of benzene rings is 1. The molecule has 0 spiro atoms. The molecule has 4 rings (SSSR count). The quantitative estimate of drug-likeness (QED) is 0.626. The lowest BCUT2D eigenvalue weighted by atomic mass is 9.90. The first-order valence-electron chi connectivity index (χ1n) is 8.20. The van der Waals surface area contributed by atoms with E-state index in [2.05, 4.69) is 44.1 Å². The van der Waals surface area contributed by atoms with Gasteiger partial charge in [-0.1, -0.05) is 22.2 Å². The van der Waals surface area contributed by atoms with Crippen LogP contribution in [-0.4, -0.2) is 35.3 Å². The van der Waals surface area contributed by atoms with Crippen LogP contribution < -0.4 is 9.47 Å². The van der Waals surface area contributed by atoms with Gasteiger partial charge in [-0.3, -0.25) is 4.90 Å². The molecular weight excluding hydrogens is 390 g/mol. The summed E-state index contributed by atoms with van der Waals surface area (Å²) in [6.07, 6.45) is 0.937. The van der Waals surface area contributed by atoms with Crippen LogP contribution in [0.25, 0.3) is 0 Å². The molecule has 26 heavy (non-hydrogen) atoms. The Balaban J connectivity index is 1.78. The van der Waals surface area contributed by atoms with Crippen LogP contribution in [0.2, 0.25) is 4.34 Å². The monoisotopic (exact) mass is 407 g/mol. The van der Waals surface area contributed by atoms with Gasteiger partial charge in [-0.2, -0.15) is 0 Å². The van der Waals surface area contributed by atoms with Gasteiger partial charge in [-0.15, -0.1) is 16.4 Å². The molecule has 0 N–H and O–H groups in total. The highest BCUT2D eigenvalue weighted by Gasteiger charge is 2.32. The Morgan fingerprint density at radius 1 is 1.27 bits per heavy atom. The van der Waals surface area contributed by atoms with Crippen LogP contribution in [0.4, 0.5) is 0 Å². The van der Waals surface area contributed by atoms with Gasteiger partial charge >= 0.3 is 0 Å². The topological polar surface area (TPSA) is 47.5 Å². The van der Waals surface area contributed by atoms with E-state index in [4.69, 9.17) is 21.1 Å². The number of thiophene rings is 1. The molecule has 1 atom stereocenters. The number of ether oxygens (including phenoxy) is 2. The maximum atomic E-state index is 6.25. The van der Waals surface area contributed by atoms with E-state index < -0.39 is 0 Å². The van der Waals surface area contributed by atoms with Gasteiger partial charge in [0.25, 0.3) is 0 Å². The van der Waals surface area contributed by atoms with Crippen molar-refractivity contribution >= 4 is 34.5 Å². The first-order valence-corrected chi connectivity index (χ1v) is 10.2. The molecule has 8 heteroatoms. The molecule has 1 aromatic carbocycles. The van der Waals surface area contributed by atoms with Crippen LogP contribution in [0.1, 0.15) is 27.7 Å². The highest BCUT2D eigenvalue weighted by Crippen LogP contribution is 2.42. The zero-order valence-corrected chi connectivity index (χ0v) is 16.8. The van der Waals surface area contributed by atoms with E-state index >= 15 is 0 Å². The lowest BCUT2D eigenvalue weighted by Crippen LogP contribution is -2.35. The number of rotatable bonds is 5. The summed E-state index contributed by atoms with van der Waals surface area (Å²) in [4.78, 5) is 3.69. The Morgan fingerprint density at radius 2 is 2.08 bits per heavy atom. The molecule has 0 radical (unpaired) electrons. The van der Waals surface area contributed by atoms with Crippen LogP contribution in [0.3, 0.4) is 0 Å². The zero-order valence-electron chi connectivity index (χ0n) is 14.4. The predicted octanol–water partition coefficient (Wildman–Crippen LogP) is 4.42. The Labute approximate surface area is 165 Å². The number of aromatic nitrogens is 2. The van der Waals surface area contributed by atoms with Crippen molar-refractivity contribution in [2.75, 3.05) is 20.8 Å². The van der Waals surface area contributed by atoms with E-state index in [1.807, 2.05) is 0 Å². The van der Waals surface area contributed by atoms with Gasteiger partial charge in [0.15, 0.2) is 11.5 Å². The summed E-state index contributed by atoms with van der Waals surface area (Å²) in [7, 11) is 3.35. The molecule has 1 unspecified atom stereocenters. The average Bonchev–Trinajstić information content (AvgIpc) is 3.32. The van der Waals surface area contributed by atoms with E-state index in [1.165, 1.54) is 27.5 Å². The second-order valence-electron chi connectivity index (χ2n) is 6.04. The number of methoxy groups -OCH3 is 2. The first kappa shape index (κ1) is 17.7. The number of hydrogen-bond acceptors (Lipinski definition) is 7. The van der Waals surface area contributed by atoms with Crippen molar-refractivity contribution in [3.05, 3.63) is 55.7 Å². The standard InChI is InChI=1S/C18H18ClN3O2S2/c1-23-14-8-11-5-6-22(10-13-18(19)26-21-20-13)17(16-4-3-7-25-16)12(11)9-15(14)24-2/h3-4,7-9,17H,5-6,10H2,1-2H3. The fraction of sp³-hybridized carbons (Fsp3) is 0.333. The highest BCUT2D eigenvalue weighted by molar-refractivity contribution is 7.10. The Morgan fingerprint density at radius 3 is 2.73 bits per heavy atom. The van der Waals surface area contributed by atoms with E-state index in [0.717, 1.165) is 30.2 Å². The van der Waals surface area contributed by atoms with Gasteiger partial charge < -0.3 is 9.47 Å². The lowest BCUT2D eigenvalue weighted by Gasteiger charge is -2.37. The molecule has 0 aliphatic carbocycles. The fourth-order valence-corrected chi connectivity index (χ4v) is 4.92. The summed E-state index contributed by atoms with van der Waals surface area (Å²) in [5.74, 6) is 1.53. The molecule has 136 valence electrons. The summed E-state index contributed by atoms with van der Waals surface area (Å²) in [6, 6.07) is 8.60. The predicted molar refractivity (Wildman–Crippen MR) is 105 cm³/mol. The molecule has 0 amide bonds. The molecule has 2 aromatic heterocycles. The van der Waals surface area contributed by atoms with E-state index in [-0.39, 0.29) is 6.04 Å². The number of halogens is 1. The average molecular weight is 408 g/mol. The van der Waals surface area contributed by atoms with Gasteiger partial charge in [0.05, 0.1) is 20.3 Å². The van der Waals surface area contributed by atoms with Crippen molar-refractivity contribution < 1.29 is 9.47 Å². The normalized spacial score (nSPS) is 17.1. The lowest BCUT2D eigenvalue weighted by molar-refractivity contribution is 0.203. The Kier molecular flexibility index (Phi) is 5.13. The maximum absolute atomic E-state index is 6.25. The number of hydrogen-bond donors (Lipinski definition) is 0. The molecular formula is C18H18ClN3O2S2. The second-order valence-corrected chi connectivity index (χ2v) is 8.37. The van der Waals surface area contributed by atoms with Crippen LogP contribution in [-0.2, 0) is 13.0 Å². The van der Waals surface area contributed by atoms with Gasteiger partial charge in [-0.25, -0.2) is 0 Å². The number of fused-ring (bicyclic) bond motifs is 1. The van der Waals surface area contributed by atoms with E-state index in [0.29, 0.717) is 10.9 Å². The largest absolute Gasteiger partial charge is 0.493 e. The third-order valence-corrected chi connectivity index (χ3v) is 6.56. The maximum Gasteiger partial charge on any atom is 0.161 e. The van der Waals surface area contributed by atoms with Crippen molar-refractivity contribution in [3.8, 4) is 11.5 Å². The smallest absolute Gasteiger partial charge is 0.161 e. The van der Waals surface area contributed by atoms with Gasteiger partial charge in [-0.05, 0) is 41.1 Å². The van der Waals surface area contributed by atoms with Gasteiger partial charge in [0, 0.05) is 29.5 Å². The van der Waals surface area contributed by atoms with Crippen LogP contribution >= 0.6 is 34.5 Å². The summed E-state index contributed by atoms with van der Waals surface area (Å²) in [5.41, 5.74) is 3.37. The minimum absolute atomic E-state index is 0.135. The molecule has 0 saturated carbocycles. The van der Waals surface area contributed by atoms with Crippen LogP contribution in [0.15, 0.2) is 29.6 Å². The van der Waals surface area contributed by atoms with Gasteiger partial charge in [0.2, 0.25) is 0 Å². The molecule has 1 aliphatic heterocycles. The van der Waals surface area contributed by atoms with Crippen molar-refractivity contribution in [1.82, 2.24) is 14.5 Å². The van der Waals surface area contributed by atoms with E-state index in [9.17, 15) is 0 Å². The SMILES string of the molecule is COc1cc2c(cc1OC)C(c1cccs1)N(Cc1nnsc1Cl)CC2. The van der Waals surface area contributed by atoms with E-state index in [1.54, 1.807) is 25.6 Å². The minimum atomic E-state index is 0.135. The summed E-state index contributed by atoms with van der Waals surface area (Å²) in [5, 5.41) is 6.31. The molecule has 5 nitrogen and oxygen atoms in total.